The van der Waals surface area contributed by atoms with Crippen molar-refractivity contribution in [3.63, 3.8) is 0 Å². The van der Waals surface area contributed by atoms with Crippen LogP contribution >= 0.6 is 0 Å². The average Bonchev–Trinajstić information content (AvgIpc) is 3.08. The fourth-order valence-corrected chi connectivity index (χ4v) is 3.35. The molecule has 20 heavy (non-hydrogen) atoms. The summed E-state index contributed by atoms with van der Waals surface area (Å²) in [7, 11) is 2.23. The summed E-state index contributed by atoms with van der Waals surface area (Å²) >= 11 is 0. The maximum absolute atomic E-state index is 4.86. The molecule has 1 heterocycles. The van der Waals surface area contributed by atoms with E-state index in [1.807, 2.05) is 0 Å². The van der Waals surface area contributed by atoms with Crippen LogP contribution in [0.3, 0.4) is 0 Å². The van der Waals surface area contributed by atoms with E-state index in [4.69, 9.17) is 4.98 Å². The molecule has 1 aromatic heterocycles. The van der Waals surface area contributed by atoms with Crippen LogP contribution in [0, 0.1) is 13.8 Å². The van der Waals surface area contributed by atoms with Crippen molar-refractivity contribution < 1.29 is 0 Å². The molecule has 0 aliphatic heterocycles. The molecule has 2 aliphatic rings. The van der Waals surface area contributed by atoms with Crippen molar-refractivity contribution in [1.29, 1.82) is 0 Å². The summed E-state index contributed by atoms with van der Waals surface area (Å²) in [6, 6.07) is 3.65. The third-order valence-electron chi connectivity index (χ3n) is 4.80. The van der Waals surface area contributed by atoms with Crippen molar-refractivity contribution >= 4 is 5.82 Å². The van der Waals surface area contributed by atoms with Gasteiger partial charge in [-0.15, -0.1) is 0 Å². The SMILES string of the molecule is Cc1cc(C)c(CNC2CC2)c(N(C)C2CCCC2)n1. The minimum Gasteiger partial charge on any atom is -0.356 e. The van der Waals surface area contributed by atoms with Gasteiger partial charge in [0.15, 0.2) is 0 Å². The van der Waals surface area contributed by atoms with Crippen molar-refractivity contribution in [2.75, 3.05) is 11.9 Å². The van der Waals surface area contributed by atoms with E-state index < -0.39 is 0 Å². The number of aryl methyl sites for hydroxylation is 2. The van der Waals surface area contributed by atoms with Gasteiger partial charge in [0, 0.05) is 36.9 Å². The van der Waals surface area contributed by atoms with Crippen LogP contribution < -0.4 is 10.2 Å². The first-order valence-corrected chi connectivity index (χ1v) is 8.08. The second-order valence-electron chi connectivity index (χ2n) is 6.59. The highest BCUT2D eigenvalue weighted by Crippen LogP contribution is 2.30. The van der Waals surface area contributed by atoms with E-state index in [2.05, 4.69) is 37.2 Å². The van der Waals surface area contributed by atoms with Crippen molar-refractivity contribution in [1.82, 2.24) is 10.3 Å². The predicted molar refractivity (Wildman–Crippen MR) is 84.2 cm³/mol. The zero-order valence-electron chi connectivity index (χ0n) is 13.1. The van der Waals surface area contributed by atoms with Gasteiger partial charge in [-0.3, -0.25) is 0 Å². The fourth-order valence-electron chi connectivity index (χ4n) is 3.35. The minimum absolute atomic E-state index is 0.684. The van der Waals surface area contributed by atoms with E-state index >= 15 is 0 Å². The summed E-state index contributed by atoms with van der Waals surface area (Å²) in [4.78, 5) is 7.30. The summed E-state index contributed by atoms with van der Waals surface area (Å²) in [5, 5.41) is 3.65. The Morgan fingerprint density at radius 1 is 1.20 bits per heavy atom. The van der Waals surface area contributed by atoms with Crippen LogP contribution in [0.2, 0.25) is 0 Å². The topological polar surface area (TPSA) is 28.2 Å². The Balaban J connectivity index is 1.85. The summed E-state index contributed by atoms with van der Waals surface area (Å²) in [6.45, 7) is 5.30. The number of pyridine rings is 1. The number of hydrogen-bond donors (Lipinski definition) is 1. The van der Waals surface area contributed by atoms with Crippen LogP contribution in [0.1, 0.15) is 55.3 Å². The standard InChI is InChI=1S/C17H27N3/c1-12-10-13(2)19-17(16(12)11-18-14-8-9-14)20(3)15-6-4-5-7-15/h10,14-15,18H,4-9,11H2,1-3H3. The summed E-state index contributed by atoms with van der Waals surface area (Å²) in [6.07, 6.45) is 8.06. The largest absolute Gasteiger partial charge is 0.356 e. The highest BCUT2D eigenvalue weighted by molar-refractivity contribution is 5.52. The zero-order chi connectivity index (χ0) is 14.1. The van der Waals surface area contributed by atoms with Crippen LogP contribution in [0.5, 0.6) is 0 Å². The Labute approximate surface area is 122 Å². The molecule has 1 N–H and O–H groups in total. The van der Waals surface area contributed by atoms with Crippen LogP contribution in [0.25, 0.3) is 0 Å². The summed E-state index contributed by atoms with van der Waals surface area (Å²) in [5.74, 6) is 1.21. The zero-order valence-corrected chi connectivity index (χ0v) is 13.1. The highest BCUT2D eigenvalue weighted by Gasteiger charge is 2.25. The first-order valence-electron chi connectivity index (χ1n) is 8.08. The third-order valence-corrected chi connectivity index (χ3v) is 4.80. The molecule has 110 valence electrons. The van der Waals surface area contributed by atoms with E-state index in [-0.39, 0.29) is 0 Å². The molecule has 0 radical (unpaired) electrons. The fraction of sp³-hybridized carbons (Fsp3) is 0.706. The molecule has 3 heteroatoms. The molecule has 0 amide bonds. The number of aromatic nitrogens is 1. The maximum Gasteiger partial charge on any atom is 0.133 e. The van der Waals surface area contributed by atoms with Gasteiger partial charge in [0.25, 0.3) is 0 Å². The molecule has 1 aromatic rings. The summed E-state index contributed by atoms with van der Waals surface area (Å²) < 4.78 is 0. The molecule has 0 aromatic carbocycles. The third kappa shape index (κ3) is 2.98. The first kappa shape index (κ1) is 13.9. The number of nitrogens with zero attached hydrogens (tertiary/aromatic N) is 2. The van der Waals surface area contributed by atoms with Crippen LogP contribution in [-0.4, -0.2) is 24.1 Å². The Morgan fingerprint density at radius 2 is 1.90 bits per heavy atom. The minimum atomic E-state index is 0.684. The molecule has 0 saturated heterocycles. The monoisotopic (exact) mass is 273 g/mol. The Morgan fingerprint density at radius 3 is 2.55 bits per heavy atom. The van der Waals surface area contributed by atoms with Gasteiger partial charge in [0.2, 0.25) is 0 Å². The van der Waals surface area contributed by atoms with Crippen LogP contribution in [-0.2, 0) is 6.54 Å². The molecular weight excluding hydrogens is 246 g/mol. The van der Waals surface area contributed by atoms with E-state index in [1.165, 1.54) is 55.5 Å². The van der Waals surface area contributed by atoms with Gasteiger partial charge in [-0.25, -0.2) is 4.98 Å². The molecular formula is C17H27N3. The lowest BCUT2D eigenvalue weighted by Gasteiger charge is -2.29. The molecule has 0 unspecified atom stereocenters. The van der Waals surface area contributed by atoms with Gasteiger partial charge in [0.1, 0.15) is 5.82 Å². The van der Waals surface area contributed by atoms with Crippen molar-refractivity contribution in [2.45, 2.75) is 71.0 Å². The second kappa shape index (κ2) is 5.72. The number of anilines is 1. The van der Waals surface area contributed by atoms with Gasteiger partial charge in [0.05, 0.1) is 0 Å². The molecule has 2 aliphatic carbocycles. The number of nitrogens with one attached hydrogen (secondary N) is 1. The first-order chi connectivity index (χ1) is 9.65. The van der Waals surface area contributed by atoms with E-state index in [0.717, 1.165) is 18.3 Å². The van der Waals surface area contributed by atoms with E-state index in [0.29, 0.717) is 6.04 Å². The second-order valence-corrected chi connectivity index (χ2v) is 6.59. The molecule has 2 saturated carbocycles. The van der Waals surface area contributed by atoms with E-state index in [9.17, 15) is 0 Å². The Hall–Kier alpha value is -1.09. The smallest absolute Gasteiger partial charge is 0.133 e. The number of hydrogen-bond acceptors (Lipinski definition) is 3. The van der Waals surface area contributed by atoms with Crippen molar-refractivity contribution in [2.24, 2.45) is 0 Å². The van der Waals surface area contributed by atoms with Gasteiger partial charge in [-0.1, -0.05) is 12.8 Å². The Kier molecular flexibility index (Phi) is 3.97. The van der Waals surface area contributed by atoms with E-state index in [1.54, 1.807) is 0 Å². The molecule has 3 rings (SSSR count). The lowest BCUT2D eigenvalue weighted by Crippen LogP contribution is -2.32. The number of rotatable bonds is 5. The molecule has 0 atom stereocenters. The highest BCUT2D eigenvalue weighted by atomic mass is 15.2. The molecule has 0 bridgehead atoms. The molecule has 2 fully saturated rings. The lowest BCUT2D eigenvalue weighted by atomic mass is 10.1. The molecule has 0 spiro atoms. The molecule has 3 nitrogen and oxygen atoms in total. The van der Waals surface area contributed by atoms with Gasteiger partial charge >= 0.3 is 0 Å². The Bertz CT molecular complexity index is 473. The maximum atomic E-state index is 4.86. The quantitative estimate of drug-likeness (QED) is 0.892. The predicted octanol–water partition coefficient (Wildman–Crippen LogP) is 3.33. The summed E-state index contributed by atoms with van der Waals surface area (Å²) in [5.41, 5.74) is 3.92. The van der Waals surface area contributed by atoms with Crippen molar-refractivity contribution in [3.05, 3.63) is 22.9 Å². The van der Waals surface area contributed by atoms with Gasteiger partial charge in [-0.2, -0.15) is 0 Å². The normalized spacial score (nSPS) is 19.6. The van der Waals surface area contributed by atoms with Crippen LogP contribution in [0.4, 0.5) is 5.82 Å². The van der Waals surface area contributed by atoms with Crippen LogP contribution in [0.15, 0.2) is 6.07 Å². The average molecular weight is 273 g/mol. The lowest BCUT2D eigenvalue weighted by molar-refractivity contribution is 0.631. The van der Waals surface area contributed by atoms with Crippen molar-refractivity contribution in [3.8, 4) is 0 Å². The van der Waals surface area contributed by atoms with Gasteiger partial charge in [-0.05, 0) is 51.2 Å². The van der Waals surface area contributed by atoms with Gasteiger partial charge < -0.3 is 10.2 Å².